The molecular weight excluding hydrogens is 142 g/mol. The molecule has 1 unspecified atom stereocenters. The molecule has 0 aliphatic carbocycles. The maximum absolute atomic E-state index is 10.7. The van der Waals surface area contributed by atoms with E-state index in [9.17, 15) is 4.79 Å². The lowest BCUT2D eigenvalue weighted by atomic mass is 10.5. The average Bonchev–Trinajstić information content (AvgIpc) is 2.82. The van der Waals surface area contributed by atoms with Gasteiger partial charge < -0.3 is 4.74 Å². The van der Waals surface area contributed by atoms with E-state index in [0.717, 1.165) is 19.2 Å². The van der Waals surface area contributed by atoms with Crippen LogP contribution < -0.4 is 0 Å². The second kappa shape index (κ2) is 3.34. The molecule has 60 valence electrons. The highest BCUT2D eigenvalue weighted by Crippen LogP contribution is 2.12. The first-order chi connectivity index (χ1) is 5.27. The van der Waals surface area contributed by atoms with Gasteiger partial charge in [-0.25, -0.2) is 4.79 Å². The van der Waals surface area contributed by atoms with Crippen molar-refractivity contribution in [1.82, 2.24) is 4.90 Å². The average molecular weight is 153 g/mol. The Morgan fingerprint density at radius 3 is 2.55 bits per heavy atom. The van der Waals surface area contributed by atoms with Crippen LogP contribution in [0.1, 0.15) is 0 Å². The Morgan fingerprint density at radius 2 is 2.18 bits per heavy atom. The van der Waals surface area contributed by atoms with Gasteiger partial charge in [0.1, 0.15) is 0 Å². The molecule has 0 radical (unpaired) electrons. The zero-order chi connectivity index (χ0) is 8.27. The summed E-state index contributed by atoms with van der Waals surface area (Å²) >= 11 is 0. The number of carbonyl (C=O) groups excluding carboxylic acids is 1. The predicted octanol–water partition coefficient (Wildman–Crippen LogP) is 0.543. The molecule has 3 nitrogen and oxygen atoms in total. The molecule has 1 saturated heterocycles. The number of hydrogen-bond acceptors (Lipinski definition) is 3. The van der Waals surface area contributed by atoms with Gasteiger partial charge in [0.15, 0.2) is 6.23 Å². The number of hydrogen-bond donors (Lipinski definition) is 0. The minimum absolute atomic E-state index is 0.263. The monoisotopic (exact) mass is 153 g/mol. The summed E-state index contributed by atoms with van der Waals surface area (Å²) in [7, 11) is 0. The normalized spacial score (nSPS) is 18.5. The molecule has 1 rings (SSSR count). The van der Waals surface area contributed by atoms with Crippen molar-refractivity contribution in [2.24, 2.45) is 0 Å². The van der Waals surface area contributed by atoms with Crippen molar-refractivity contribution in [1.29, 1.82) is 0 Å². The van der Waals surface area contributed by atoms with E-state index in [1.165, 1.54) is 0 Å². The van der Waals surface area contributed by atoms with Gasteiger partial charge in [-0.2, -0.15) is 0 Å². The Balaban J connectivity index is 2.36. The molecular formula is C8H11NO2. The highest BCUT2D eigenvalue weighted by molar-refractivity contribution is 5.81. The van der Waals surface area contributed by atoms with Crippen molar-refractivity contribution >= 4 is 5.97 Å². The first-order valence-electron chi connectivity index (χ1n) is 3.47. The van der Waals surface area contributed by atoms with Crippen LogP contribution in [0.15, 0.2) is 25.3 Å². The highest BCUT2D eigenvalue weighted by atomic mass is 16.6. The summed E-state index contributed by atoms with van der Waals surface area (Å²) in [5.74, 6) is -0.401. The van der Waals surface area contributed by atoms with Gasteiger partial charge in [-0.1, -0.05) is 13.2 Å². The van der Waals surface area contributed by atoms with Gasteiger partial charge in [0, 0.05) is 19.2 Å². The second-order valence-electron chi connectivity index (χ2n) is 2.30. The lowest BCUT2D eigenvalue weighted by molar-refractivity contribution is -0.144. The first kappa shape index (κ1) is 8.01. The van der Waals surface area contributed by atoms with E-state index in [2.05, 4.69) is 13.2 Å². The minimum atomic E-state index is -0.401. The van der Waals surface area contributed by atoms with Crippen LogP contribution in [0.3, 0.4) is 0 Å². The molecule has 0 aromatic rings. The molecule has 1 atom stereocenters. The summed E-state index contributed by atoms with van der Waals surface area (Å²) in [6.45, 7) is 8.80. The summed E-state index contributed by atoms with van der Waals surface area (Å²) in [5, 5.41) is 0. The van der Waals surface area contributed by atoms with Crippen LogP contribution in [0, 0.1) is 0 Å². The smallest absolute Gasteiger partial charge is 0.331 e. The van der Waals surface area contributed by atoms with E-state index in [1.54, 1.807) is 6.08 Å². The van der Waals surface area contributed by atoms with Crippen LogP contribution >= 0.6 is 0 Å². The van der Waals surface area contributed by atoms with E-state index in [-0.39, 0.29) is 6.23 Å². The van der Waals surface area contributed by atoms with Crippen LogP contribution in [0.25, 0.3) is 0 Å². The number of ether oxygens (including phenoxy) is 1. The Morgan fingerprint density at radius 1 is 1.55 bits per heavy atom. The number of nitrogens with zero attached hydrogens (tertiary/aromatic N) is 1. The zero-order valence-electron chi connectivity index (χ0n) is 6.32. The SMILES string of the molecule is C=CC(=O)OC(C=C)N1CC1. The number of carbonyl (C=O) groups is 1. The Labute approximate surface area is 65.9 Å². The van der Waals surface area contributed by atoms with Gasteiger partial charge >= 0.3 is 5.97 Å². The highest BCUT2D eigenvalue weighted by Gasteiger charge is 2.27. The van der Waals surface area contributed by atoms with Crippen LogP contribution in [0.4, 0.5) is 0 Å². The molecule has 3 heteroatoms. The third-order valence-electron chi connectivity index (χ3n) is 1.45. The largest absolute Gasteiger partial charge is 0.440 e. The van der Waals surface area contributed by atoms with Crippen LogP contribution in [-0.2, 0) is 9.53 Å². The lowest BCUT2D eigenvalue weighted by Crippen LogP contribution is -2.22. The lowest BCUT2D eigenvalue weighted by Gasteiger charge is -2.12. The van der Waals surface area contributed by atoms with Crippen LogP contribution in [0.5, 0.6) is 0 Å². The first-order valence-corrected chi connectivity index (χ1v) is 3.47. The molecule has 0 spiro atoms. The van der Waals surface area contributed by atoms with Crippen molar-refractivity contribution in [3.05, 3.63) is 25.3 Å². The zero-order valence-corrected chi connectivity index (χ0v) is 6.32. The molecule has 0 aromatic carbocycles. The topological polar surface area (TPSA) is 29.3 Å². The number of rotatable bonds is 4. The molecule has 0 saturated carbocycles. The van der Waals surface area contributed by atoms with Gasteiger partial charge in [-0.15, -0.1) is 0 Å². The molecule has 0 aromatic heterocycles. The summed E-state index contributed by atoms with van der Waals surface area (Å²) in [4.78, 5) is 12.7. The molecule has 0 bridgehead atoms. The standard InChI is InChI=1S/C8H11NO2/c1-3-7(9-5-6-9)11-8(10)4-2/h3-4,7H,1-2,5-6H2. The van der Waals surface area contributed by atoms with Crippen molar-refractivity contribution < 1.29 is 9.53 Å². The van der Waals surface area contributed by atoms with Crippen LogP contribution in [-0.4, -0.2) is 30.2 Å². The fraction of sp³-hybridized carbons (Fsp3) is 0.375. The van der Waals surface area contributed by atoms with Crippen molar-refractivity contribution in [3.63, 3.8) is 0 Å². The van der Waals surface area contributed by atoms with E-state index >= 15 is 0 Å². The summed E-state index contributed by atoms with van der Waals surface area (Å²) in [6, 6.07) is 0. The van der Waals surface area contributed by atoms with Gasteiger partial charge in [-0.05, 0) is 6.08 Å². The molecule has 11 heavy (non-hydrogen) atoms. The fourth-order valence-electron chi connectivity index (χ4n) is 0.751. The maximum atomic E-state index is 10.7. The maximum Gasteiger partial charge on any atom is 0.331 e. The molecule has 1 aliphatic heterocycles. The third kappa shape index (κ3) is 2.20. The summed E-state index contributed by atoms with van der Waals surface area (Å²) in [5.41, 5.74) is 0. The van der Waals surface area contributed by atoms with Crippen molar-refractivity contribution in [2.45, 2.75) is 6.23 Å². The molecule has 1 heterocycles. The molecule has 0 amide bonds. The van der Waals surface area contributed by atoms with Gasteiger partial charge in [0.05, 0.1) is 0 Å². The predicted molar refractivity (Wildman–Crippen MR) is 41.8 cm³/mol. The third-order valence-corrected chi connectivity index (χ3v) is 1.45. The van der Waals surface area contributed by atoms with E-state index < -0.39 is 5.97 Å². The van der Waals surface area contributed by atoms with Crippen molar-refractivity contribution in [2.75, 3.05) is 13.1 Å². The second-order valence-corrected chi connectivity index (χ2v) is 2.30. The van der Waals surface area contributed by atoms with Crippen LogP contribution in [0.2, 0.25) is 0 Å². The Hall–Kier alpha value is -1.09. The van der Waals surface area contributed by atoms with Gasteiger partial charge in [0.2, 0.25) is 0 Å². The molecule has 1 aliphatic rings. The van der Waals surface area contributed by atoms with Crippen molar-refractivity contribution in [3.8, 4) is 0 Å². The number of esters is 1. The quantitative estimate of drug-likeness (QED) is 0.255. The fourth-order valence-corrected chi connectivity index (χ4v) is 0.751. The van der Waals surface area contributed by atoms with Gasteiger partial charge in [-0.3, -0.25) is 4.90 Å². The Bertz CT molecular complexity index is 185. The Kier molecular flexibility index (Phi) is 2.44. The molecule has 1 fully saturated rings. The minimum Gasteiger partial charge on any atom is -0.440 e. The molecule has 0 N–H and O–H groups in total. The van der Waals surface area contributed by atoms with E-state index in [0.29, 0.717) is 0 Å². The van der Waals surface area contributed by atoms with E-state index in [1.807, 2.05) is 4.90 Å². The van der Waals surface area contributed by atoms with E-state index in [4.69, 9.17) is 4.74 Å². The van der Waals surface area contributed by atoms with Gasteiger partial charge in [0.25, 0.3) is 0 Å². The summed E-state index contributed by atoms with van der Waals surface area (Å²) in [6.07, 6.45) is 2.49. The summed E-state index contributed by atoms with van der Waals surface area (Å²) < 4.78 is 4.92.